The van der Waals surface area contributed by atoms with Gasteiger partial charge in [-0.25, -0.2) is 5.48 Å². The maximum Gasteiger partial charge on any atom is 0.250 e. The number of hydrogen-bond acceptors (Lipinski definition) is 5. The average Bonchev–Trinajstić information content (AvgIpc) is 2.82. The number of carbonyl (C=O) groups excluding carboxylic acids is 3. The van der Waals surface area contributed by atoms with E-state index in [2.05, 4.69) is 46.2 Å². The minimum atomic E-state index is -0.574. The van der Waals surface area contributed by atoms with Crippen molar-refractivity contribution in [3.8, 4) is 6.07 Å². The number of amides is 1. The summed E-state index contributed by atoms with van der Waals surface area (Å²) < 4.78 is 0. The summed E-state index contributed by atoms with van der Waals surface area (Å²) in [5.74, 6) is -0.00324. The van der Waals surface area contributed by atoms with Crippen molar-refractivity contribution in [3.05, 3.63) is 11.6 Å². The highest BCUT2D eigenvalue weighted by atomic mass is 16.6. The van der Waals surface area contributed by atoms with E-state index in [1.54, 1.807) is 0 Å². The highest BCUT2D eigenvalue weighted by Crippen LogP contribution is 2.75. The number of ketones is 2. The molecule has 1 N–H and O–H groups in total. The van der Waals surface area contributed by atoms with Crippen LogP contribution in [0, 0.1) is 68.0 Å². The van der Waals surface area contributed by atoms with Gasteiger partial charge in [-0.15, -0.1) is 0 Å². The van der Waals surface area contributed by atoms with Crippen LogP contribution in [0.2, 0.25) is 0 Å². The molecule has 5 aliphatic carbocycles. The Hall–Kier alpha value is -2.00. The number of hydrogen-bond donors (Lipinski definition) is 1. The van der Waals surface area contributed by atoms with Crippen LogP contribution in [0.25, 0.3) is 0 Å². The van der Waals surface area contributed by atoms with Crippen LogP contribution in [-0.4, -0.2) is 24.6 Å². The molecule has 0 spiro atoms. The largest absolute Gasteiger partial charge is 0.299 e. The molecular formula is C31H44N2O4. The Morgan fingerprint density at radius 3 is 2.35 bits per heavy atom. The van der Waals surface area contributed by atoms with E-state index in [4.69, 9.17) is 4.84 Å². The van der Waals surface area contributed by atoms with Crippen LogP contribution in [0.15, 0.2) is 11.6 Å². The third kappa shape index (κ3) is 3.35. The van der Waals surface area contributed by atoms with Gasteiger partial charge in [0.15, 0.2) is 5.78 Å². The minimum Gasteiger partial charge on any atom is -0.299 e. The smallest absolute Gasteiger partial charge is 0.250 e. The first kappa shape index (κ1) is 26.6. The lowest BCUT2D eigenvalue weighted by Gasteiger charge is -2.71. The Balaban J connectivity index is 1.62. The first-order valence-corrected chi connectivity index (χ1v) is 14.2. The molecule has 6 nitrogen and oxygen atoms in total. The second kappa shape index (κ2) is 8.25. The van der Waals surface area contributed by atoms with Gasteiger partial charge in [-0.1, -0.05) is 47.6 Å². The van der Waals surface area contributed by atoms with E-state index in [1.165, 1.54) is 7.11 Å². The van der Waals surface area contributed by atoms with Gasteiger partial charge in [-0.3, -0.25) is 19.2 Å². The van der Waals surface area contributed by atoms with E-state index >= 15 is 0 Å². The van der Waals surface area contributed by atoms with Gasteiger partial charge in [0.2, 0.25) is 5.91 Å². The number of nitrogens with zero attached hydrogens (tertiary/aromatic N) is 1. The number of fused-ring (bicyclic) bond motifs is 7. The summed E-state index contributed by atoms with van der Waals surface area (Å²) in [6.45, 7) is 13.4. The molecule has 9 atom stereocenters. The zero-order chi connectivity index (χ0) is 27.2. The predicted octanol–water partition coefficient (Wildman–Crippen LogP) is 5.57. The van der Waals surface area contributed by atoms with E-state index in [0.29, 0.717) is 6.42 Å². The van der Waals surface area contributed by atoms with E-state index in [1.807, 2.05) is 13.0 Å². The molecule has 0 aromatic carbocycles. The Bertz CT molecular complexity index is 1120. The zero-order valence-electron chi connectivity index (χ0n) is 23.7. The van der Waals surface area contributed by atoms with Crippen LogP contribution in [0.4, 0.5) is 0 Å². The molecule has 0 saturated heterocycles. The van der Waals surface area contributed by atoms with Crippen molar-refractivity contribution in [2.75, 3.05) is 7.11 Å². The normalized spacial score (nSPS) is 48.4. The Labute approximate surface area is 221 Å². The first-order valence-electron chi connectivity index (χ1n) is 14.2. The zero-order valence-corrected chi connectivity index (χ0v) is 23.7. The lowest BCUT2D eigenvalue weighted by atomic mass is 9.32. The van der Waals surface area contributed by atoms with Crippen LogP contribution in [-0.2, 0) is 19.2 Å². The van der Waals surface area contributed by atoms with E-state index < -0.39 is 5.41 Å². The van der Waals surface area contributed by atoms with Crippen molar-refractivity contribution >= 4 is 17.5 Å². The van der Waals surface area contributed by atoms with E-state index in [-0.39, 0.29) is 74.3 Å². The topological polar surface area (TPSA) is 96.3 Å². The summed E-state index contributed by atoms with van der Waals surface area (Å²) in [7, 11) is 1.48. The van der Waals surface area contributed by atoms with Crippen LogP contribution in [0.3, 0.4) is 0 Å². The second-order valence-electron chi connectivity index (χ2n) is 14.6. The van der Waals surface area contributed by atoms with Gasteiger partial charge >= 0.3 is 0 Å². The van der Waals surface area contributed by atoms with Crippen molar-refractivity contribution in [3.63, 3.8) is 0 Å². The summed E-state index contributed by atoms with van der Waals surface area (Å²) in [5.41, 5.74) is 1.68. The quantitative estimate of drug-likeness (QED) is 0.492. The predicted molar refractivity (Wildman–Crippen MR) is 139 cm³/mol. The van der Waals surface area contributed by atoms with Crippen molar-refractivity contribution in [2.45, 2.75) is 92.9 Å². The van der Waals surface area contributed by atoms with Crippen molar-refractivity contribution < 1.29 is 19.2 Å². The summed E-state index contributed by atoms with van der Waals surface area (Å²) in [4.78, 5) is 46.0. The lowest BCUT2D eigenvalue weighted by Crippen LogP contribution is -2.69. The number of allylic oxidation sites excluding steroid dienone is 2. The molecule has 37 heavy (non-hydrogen) atoms. The number of carbonyl (C=O) groups is 3. The molecule has 1 amide bonds. The Morgan fingerprint density at radius 1 is 1.03 bits per heavy atom. The van der Waals surface area contributed by atoms with Gasteiger partial charge < -0.3 is 0 Å². The van der Waals surface area contributed by atoms with E-state index in [9.17, 15) is 19.6 Å². The fourth-order valence-electron chi connectivity index (χ4n) is 10.5. The molecule has 0 aliphatic heterocycles. The SMILES string of the molecule is CONC(=O)[C@]12CCC(C)(C)C[C@@H]1C1C(=O)C[C@@H]3[C@@]4(C)C=C(C#N)C(=O)[C@@H](C)[C@@H]4CC[C@@]3(C)[C@]1(C)CC2. The third-order valence-corrected chi connectivity index (χ3v) is 12.8. The summed E-state index contributed by atoms with van der Waals surface area (Å²) >= 11 is 0. The Kier molecular flexibility index (Phi) is 5.93. The molecule has 4 fully saturated rings. The Morgan fingerprint density at radius 2 is 1.70 bits per heavy atom. The third-order valence-electron chi connectivity index (χ3n) is 12.8. The van der Waals surface area contributed by atoms with Gasteiger partial charge in [0.05, 0.1) is 18.1 Å². The summed E-state index contributed by atoms with van der Waals surface area (Å²) in [6, 6.07) is 2.17. The number of nitriles is 1. The molecule has 4 saturated carbocycles. The molecular weight excluding hydrogens is 464 g/mol. The van der Waals surface area contributed by atoms with Gasteiger partial charge in [-0.05, 0) is 84.4 Å². The van der Waals surface area contributed by atoms with Crippen molar-refractivity contribution in [2.24, 2.45) is 56.7 Å². The molecule has 1 unspecified atom stereocenters. The molecule has 0 heterocycles. The molecule has 0 aromatic rings. The average molecular weight is 509 g/mol. The van der Waals surface area contributed by atoms with E-state index in [0.717, 1.165) is 44.9 Å². The van der Waals surface area contributed by atoms with Crippen LogP contribution >= 0.6 is 0 Å². The fraction of sp³-hybridized carbons (Fsp3) is 0.806. The van der Waals surface area contributed by atoms with Crippen LogP contribution in [0.5, 0.6) is 0 Å². The summed E-state index contributed by atoms with van der Waals surface area (Å²) in [5, 5.41) is 9.78. The fourth-order valence-corrected chi connectivity index (χ4v) is 10.5. The molecule has 5 aliphatic rings. The van der Waals surface area contributed by atoms with Crippen molar-refractivity contribution in [1.29, 1.82) is 5.26 Å². The van der Waals surface area contributed by atoms with Gasteiger partial charge in [0.1, 0.15) is 11.9 Å². The highest BCUT2D eigenvalue weighted by molar-refractivity contribution is 6.02. The standard InChI is InChI=1S/C31H44N2O4/c1-18-20-8-9-29(5)23(28(20,4)15-19(17-32)25(18)35)14-22(34)24-21-16-27(2,3)10-12-31(21,26(36)33-37-7)13-11-30(24,29)6/h15,18,20-21,23-24H,8-14,16H2,1-7H3,(H,33,36)/t18-,20-,21+,23+,24?,28-,29+,30+,31-/m0/s1. The summed E-state index contributed by atoms with van der Waals surface area (Å²) in [6.07, 6.45) is 8.50. The second-order valence-corrected chi connectivity index (χ2v) is 14.6. The molecule has 0 bridgehead atoms. The molecule has 0 radical (unpaired) electrons. The van der Waals surface area contributed by atoms with Gasteiger partial charge in [0, 0.05) is 18.3 Å². The maximum atomic E-state index is 14.4. The number of nitrogens with one attached hydrogen (secondary N) is 1. The maximum absolute atomic E-state index is 14.4. The number of rotatable bonds is 2. The molecule has 6 heteroatoms. The minimum absolute atomic E-state index is 0.0157. The first-order chi connectivity index (χ1) is 17.2. The van der Waals surface area contributed by atoms with Gasteiger partial charge in [0.25, 0.3) is 0 Å². The monoisotopic (exact) mass is 508 g/mol. The highest BCUT2D eigenvalue weighted by Gasteiger charge is 2.72. The van der Waals surface area contributed by atoms with Crippen molar-refractivity contribution in [1.82, 2.24) is 5.48 Å². The van der Waals surface area contributed by atoms with Crippen LogP contribution in [0.1, 0.15) is 92.9 Å². The van der Waals surface area contributed by atoms with Gasteiger partial charge in [-0.2, -0.15) is 5.26 Å². The molecule has 0 aromatic heterocycles. The molecule has 5 rings (SSSR count). The van der Waals surface area contributed by atoms with Crippen LogP contribution < -0.4 is 5.48 Å². The number of Topliss-reactive ketones (excluding diaryl/α,β-unsaturated/α-hetero) is 2. The lowest BCUT2D eigenvalue weighted by molar-refractivity contribution is -0.220. The molecule has 202 valence electrons. The number of hydroxylamine groups is 1.